The normalized spacial score (nSPS) is 10.7. The van der Waals surface area contributed by atoms with Gasteiger partial charge in [0.05, 0.1) is 18.3 Å². The highest BCUT2D eigenvalue weighted by Gasteiger charge is 2.19. The predicted molar refractivity (Wildman–Crippen MR) is 88.4 cm³/mol. The lowest BCUT2D eigenvalue weighted by Gasteiger charge is -2.08. The molecule has 0 radical (unpaired) electrons. The molecule has 3 aromatic rings. The molecule has 5 N–H and O–H groups in total. The van der Waals surface area contributed by atoms with Crippen LogP contribution in [-0.2, 0) is 0 Å². The van der Waals surface area contributed by atoms with Gasteiger partial charge >= 0.3 is 0 Å². The molecule has 0 unspecified atom stereocenters. The second-order valence-corrected chi connectivity index (χ2v) is 4.93. The number of hydrogen-bond acceptors (Lipinski definition) is 5. The zero-order valence-corrected chi connectivity index (χ0v) is 12.4. The Morgan fingerprint density at radius 2 is 1.96 bits per heavy atom. The summed E-state index contributed by atoms with van der Waals surface area (Å²) >= 11 is 0. The van der Waals surface area contributed by atoms with Crippen LogP contribution in [0.25, 0.3) is 16.6 Å². The highest BCUT2D eigenvalue weighted by molar-refractivity contribution is 6.10. The van der Waals surface area contributed by atoms with Gasteiger partial charge in [0.25, 0.3) is 5.91 Å². The summed E-state index contributed by atoms with van der Waals surface area (Å²) < 4.78 is 6.70. The van der Waals surface area contributed by atoms with E-state index in [1.807, 2.05) is 0 Å². The Hall–Kier alpha value is -3.35. The number of nitrogens with one attached hydrogen (secondary N) is 1. The maximum atomic E-state index is 11.7. The Kier molecular flexibility index (Phi) is 3.46. The number of nitrogens with zero attached hydrogens (tertiary/aromatic N) is 2. The summed E-state index contributed by atoms with van der Waals surface area (Å²) in [5, 5.41) is 12.5. The van der Waals surface area contributed by atoms with Gasteiger partial charge in [0.1, 0.15) is 5.75 Å². The molecule has 23 heavy (non-hydrogen) atoms. The van der Waals surface area contributed by atoms with Crippen LogP contribution in [0.2, 0.25) is 0 Å². The van der Waals surface area contributed by atoms with Crippen LogP contribution in [0.4, 0.5) is 5.69 Å². The van der Waals surface area contributed by atoms with Crippen molar-refractivity contribution in [2.45, 2.75) is 0 Å². The van der Waals surface area contributed by atoms with Crippen LogP contribution >= 0.6 is 0 Å². The topological polar surface area (TPSA) is 120 Å². The van der Waals surface area contributed by atoms with Crippen molar-refractivity contribution < 1.29 is 9.53 Å². The zero-order valence-electron chi connectivity index (χ0n) is 12.4. The molecule has 0 atom stereocenters. The first kappa shape index (κ1) is 14.6. The van der Waals surface area contributed by atoms with Crippen molar-refractivity contribution in [3.05, 3.63) is 47.7 Å². The largest absolute Gasteiger partial charge is 0.497 e. The molecule has 0 aliphatic carbocycles. The number of benzene rings is 2. The summed E-state index contributed by atoms with van der Waals surface area (Å²) in [6.45, 7) is 0. The minimum absolute atomic E-state index is 0.138. The molecule has 1 aromatic heterocycles. The Morgan fingerprint density at radius 1 is 1.26 bits per heavy atom. The van der Waals surface area contributed by atoms with Gasteiger partial charge in [-0.3, -0.25) is 4.79 Å². The van der Waals surface area contributed by atoms with E-state index in [-0.39, 0.29) is 5.69 Å². The first-order valence-electron chi connectivity index (χ1n) is 6.82. The monoisotopic (exact) mass is 309 g/mol. The van der Waals surface area contributed by atoms with Gasteiger partial charge in [-0.05, 0) is 36.4 Å². The average molecular weight is 309 g/mol. The third kappa shape index (κ3) is 2.28. The molecule has 0 saturated heterocycles. The van der Waals surface area contributed by atoms with E-state index in [1.54, 1.807) is 48.2 Å². The van der Waals surface area contributed by atoms with Crippen LogP contribution in [0.1, 0.15) is 16.1 Å². The summed E-state index contributed by atoms with van der Waals surface area (Å²) in [5.74, 6) is 0.0649. The molecule has 7 heteroatoms. The smallest absolute Gasteiger partial charge is 0.269 e. The van der Waals surface area contributed by atoms with Crippen LogP contribution in [-0.4, -0.2) is 29.0 Å². The Labute approximate surface area is 132 Å². The highest BCUT2D eigenvalue weighted by atomic mass is 16.5. The van der Waals surface area contributed by atoms with Crippen molar-refractivity contribution >= 4 is 28.7 Å². The average Bonchev–Trinajstić information content (AvgIpc) is 2.95. The van der Waals surface area contributed by atoms with E-state index in [9.17, 15) is 4.79 Å². The van der Waals surface area contributed by atoms with E-state index < -0.39 is 5.91 Å². The summed E-state index contributed by atoms with van der Waals surface area (Å²) in [4.78, 5) is 11.7. The number of nitrogen functional groups attached to an aromatic ring is 1. The lowest BCUT2D eigenvalue weighted by Crippen LogP contribution is -2.12. The van der Waals surface area contributed by atoms with Crippen molar-refractivity contribution in [2.24, 2.45) is 5.73 Å². The first-order valence-corrected chi connectivity index (χ1v) is 6.82. The predicted octanol–water partition coefficient (Wildman–Crippen LogP) is 1.71. The number of methoxy groups -OCH3 is 1. The number of anilines is 1. The van der Waals surface area contributed by atoms with Gasteiger partial charge in [-0.15, -0.1) is 0 Å². The van der Waals surface area contributed by atoms with E-state index in [4.69, 9.17) is 21.6 Å². The van der Waals surface area contributed by atoms with Crippen LogP contribution in [0.15, 0.2) is 36.4 Å². The molecule has 0 spiro atoms. The first-order chi connectivity index (χ1) is 11.1. The maximum absolute atomic E-state index is 11.7. The molecule has 7 nitrogen and oxygen atoms in total. The van der Waals surface area contributed by atoms with Gasteiger partial charge in [-0.2, -0.15) is 5.10 Å². The molecule has 116 valence electrons. The molecule has 0 fully saturated rings. The number of hydrogen-bond donors (Lipinski definition) is 3. The second-order valence-electron chi connectivity index (χ2n) is 4.93. The number of primary amides is 1. The van der Waals surface area contributed by atoms with Crippen LogP contribution in [0.5, 0.6) is 5.75 Å². The SMILES string of the molecule is COc1ccc(-n2nc(C(N)=O)c3ccc(N)c(C=N)c32)cc1. The third-order valence-corrected chi connectivity index (χ3v) is 3.61. The fraction of sp³-hybridized carbons (Fsp3) is 0.0625. The molecule has 3 rings (SSSR count). The molecule has 0 aliphatic heterocycles. The zero-order chi connectivity index (χ0) is 16.6. The van der Waals surface area contributed by atoms with E-state index >= 15 is 0 Å². The minimum Gasteiger partial charge on any atom is -0.497 e. The number of ether oxygens (including phenoxy) is 1. The Bertz CT molecular complexity index is 912. The lowest BCUT2D eigenvalue weighted by atomic mass is 10.1. The van der Waals surface area contributed by atoms with Crippen LogP contribution in [0.3, 0.4) is 0 Å². The lowest BCUT2D eigenvalue weighted by molar-refractivity contribution is 0.0996. The molecule has 0 saturated carbocycles. The van der Waals surface area contributed by atoms with Crippen molar-refractivity contribution in [1.82, 2.24) is 9.78 Å². The van der Waals surface area contributed by atoms with Gasteiger partial charge in [0.15, 0.2) is 5.69 Å². The number of fused-ring (bicyclic) bond motifs is 1. The van der Waals surface area contributed by atoms with Crippen LogP contribution in [0, 0.1) is 5.41 Å². The van der Waals surface area contributed by atoms with Crippen molar-refractivity contribution in [3.8, 4) is 11.4 Å². The number of amides is 1. The molecule has 1 heterocycles. The van der Waals surface area contributed by atoms with E-state index in [0.29, 0.717) is 33.6 Å². The summed E-state index contributed by atoms with van der Waals surface area (Å²) in [6.07, 6.45) is 1.14. The standard InChI is InChI=1S/C16H15N5O2/c1-23-10-4-2-9(3-5-10)21-15-11(14(20-21)16(19)22)6-7-13(18)12(15)8-17/h2-8,17H,18H2,1H3,(H2,19,22). The Morgan fingerprint density at radius 3 is 2.52 bits per heavy atom. The molecular formula is C16H15N5O2. The number of carbonyl (C=O) groups excluding carboxylic acids is 1. The minimum atomic E-state index is -0.636. The molecule has 2 aromatic carbocycles. The van der Waals surface area contributed by atoms with Crippen molar-refractivity contribution in [3.63, 3.8) is 0 Å². The van der Waals surface area contributed by atoms with Gasteiger partial charge < -0.3 is 21.6 Å². The summed E-state index contributed by atoms with van der Waals surface area (Å²) in [6, 6.07) is 10.5. The number of aromatic nitrogens is 2. The van der Waals surface area contributed by atoms with Gasteiger partial charge in [-0.25, -0.2) is 4.68 Å². The highest BCUT2D eigenvalue weighted by Crippen LogP contribution is 2.28. The quantitative estimate of drug-likeness (QED) is 0.502. The Balaban J connectivity index is 2.36. The van der Waals surface area contributed by atoms with Crippen molar-refractivity contribution in [2.75, 3.05) is 12.8 Å². The molecule has 0 bridgehead atoms. The molecule has 0 aliphatic rings. The maximum Gasteiger partial charge on any atom is 0.269 e. The van der Waals surface area contributed by atoms with Gasteiger partial charge in [0.2, 0.25) is 0 Å². The van der Waals surface area contributed by atoms with Gasteiger partial charge in [0, 0.05) is 22.9 Å². The van der Waals surface area contributed by atoms with Gasteiger partial charge in [-0.1, -0.05) is 0 Å². The van der Waals surface area contributed by atoms with Crippen molar-refractivity contribution in [1.29, 1.82) is 5.41 Å². The number of rotatable bonds is 4. The van der Waals surface area contributed by atoms with E-state index in [1.165, 1.54) is 0 Å². The van der Waals surface area contributed by atoms with E-state index in [2.05, 4.69) is 5.10 Å². The third-order valence-electron chi connectivity index (χ3n) is 3.61. The van der Waals surface area contributed by atoms with Crippen LogP contribution < -0.4 is 16.2 Å². The number of nitrogens with two attached hydrogens (primary N) is 2. The molecule has 1 amide bonds. The van der Waals surface area contributed by atoms with E-state index in [0.717, 1.165) is 6.21 Å². The second kappa shape index (κ2) is 5.45. The summed E-state index contributed by atoms with van der Waals surface area (Å²) in [7, 11) is 1.58. The fourth-order valence-corrected chi connectivity index (χ4v) is 2.49. The summed E-state index contributed by atoms with van der Waals surface area (Å²) in [5.41, 5.74) is 13.7. The fourth-order valence-electron chi connectivity index (χ4n) is 2.49. The number of carbonyl (C=O) groups is 1. The molecular weight excluding hydrogens is 294 g/mol.